The van der Waals surface area contributed by atoms with Gasteiger partial charge in [-0.05, 0) is 31.0 Å². The molecule has 1 aromatic heterocycles. The smallest absolute Gasteiger partial charge is 0.0887 e. The molecular formula is C14H22N2O. The number of nitrogens with zero attached hydrogens (tertiary/aromatic N) is 1. The third-order valence-corrected chi connectivity index (χ3v) is 2.41. The molecule has 1 aromatic rings. The average molecular weight is 234 g/mol. The van der Waals surface area contributed by atoms with Crippen molar-refractivity contribution in [3.05, 3.63) is 42.2 Å². The molecule has 3 nitrogen and oxygen atoms in total. The van der Waals surface area contributed by atoms with Gasteiger partial charge in [0.1, 0.15) is 0 Å². The quantitative estimate of drug-likeness (QED) is 0.527. The minimum absolute atomic E-state index is 0.596. The third kappa shape index (κ3) is 6.19. The maximum Gasteiger partial charge on any atom is 0.0887 e. The van der Waals surface area contributed by atoms with Crippen LogP contribution in [0, 0.1) is 0 Å². The van der Waals surface area contributed by atoms with E-state index in [0.717, 1.165) is 38.2 Å². The molecule has 0 aromatic carbocycles. The SMILES string of the molecule is C=CCCCOCc1ccc(CNCC)cn1. The normalized spacial score (nSPS) is 10.4. The number of allylic oxidation sites excluding steroid dienone is 1. The zero-order chi connectivity index (χ0) is 12.3. The van der Waals surface area contributed by atoms with Crippen LogP contribution in [0.25, 0.3) is 0 Å². The van der Waals surface area contributed by atoms with Crippen LogP contribution in [0.3, 0.4) is 0 Å². The van der Waals surface area contributed by atoms with Gasteiger partial charge in [-0.25, -0.2) is 0 Å². The number of nitrogens with one attached hydrogen (secondary N) is 1. The van der Waals surface area contributed by atoms with Crippen molar-refractivity contribution in [2.24, 2.45) is 0 Å². The van der Waals surface area contributed by atoms with Crippen molar-refractivity contribution in [2.75, 3.05) is 13.2 Å². The lowest BCUT2D eigenvalue weighted by Gasteiger charge is -2.05. The summed E-state index contributed by atoms with van der Waals surface area (Å²) in [5.74, 6) is 0. The van der Waals surface area contributed by atoms with Crippen molar-refractivity contribution >= 4 is 0 Å². The van der Waals surface area contributed by atoms with Gasteiger partial charge in [0, 0.05) is 19.3 Å². The molecule has 0 saturated heterocycles. The highest BCUT2D eigenvalue weighted by Gasteiger charge is 1.96. The minimum Gasteiger partial charge on any atom is -0.375 e. The number of hydrogen-bond acceptors (Lipinski definition) is 3. The van der Waals surface area contributed by atoms with Gasteiger partial charge in [-0.3, -0.25) is 4.98 Å². The first-order valence-electron chi connectivity index (χ1n) is 6.20. The number of rotatable bonds is 9. The highest BCUT2D eigenvalue weighted by atomic mass is 16.5. The second-order valence-electron chi connectivity index (χ2n) is 3.92. The number of hydrogen-bond donors (Lipinski definition) is 1. The second kappa shape index (κ2) is 8.90. The van der Waals surface area contributed by atoms with E-state index in [1.165, 1.54) is 5.56 Å². The topological polar surface area (TPSA) is 34.1 Å². The Labute approximate surface area is 104 Å². The van der Waals surface area contributed by atoms with Gasteiger partial charge in [0.25, 0.3) is 0 Å². The van der Waals surface area contributed by atoms with Gasteiger partial charge < -0.3 is 10.1 Å². The zero-order valence-electron chi connectivity index (χ0n) is 10.6. The Morgan fingerprint density at radius 1 is 1.47 bits per heavy atom. The number of unbranched alkanes of at least 4 members (excludes halogenated alkanes) is 1. The van der Waals surface area contributed by atoms with Crippen molar-refractivity contribution in [3.8, 4) is 0 Å². The Hall–Kier alpha value is -1.19. The molecule has 1 rings (SSSR count). The largest absolute Gasteiger partial charge is 0.375 e. The molecular weight excluding hydrogens is 212 g/mol. The van der Waals surface area contributed by atoms with Crippen molar-refractivity contribution in [2.45, 2.75) is 32.9 Å². The van der Waals surface area contributed by atoms with E-state index in [9.17, 15) is 0 Å². The summed E-state index contributed by atoms with van der Waals surface area (Å²) in [5.41, 5.74) is 2.20. The summed E-state index contributed by atoms with van der Waals surface area (Å²) in [5, 5.41) is 3.27. The van der Waals surface area contributed by atoms with E-state index >= 15 is 0 Å². The van der Waals surface area contributed by atoms with Gasteiger partial charge in [0.2, 0.25) is 0 Å². The molecule has 0 spiro atoms. The predicted octanol–water partition coefficient (Wildman–Crippen LogP) is 2.67. The van der Waals surface area contributed by atoms with E-state index in [-0.39, 0.29) is 0 Å². The lowest BCUT2D eigenvalue weighted by Crippen LogP contribution is -2.12. The summed E-state index contributed by atoms with van der Waals surface area (Å²) in [4.78, 5) is 4.36. The molecule has 94 valence electrons. The van der Waals surface area contributed by atoms with E-state index in [2.05, 4.69) is 29.9 Å². The molecule has 1 N–H and O–H groups in total. The fraction of sp³-hybridized carbons (Fsp3) is 0.500. The third-order valence-electron chi connectivity index (χ3n) is 2.41. The van der Waals surface area contributed by atoms with Crippen LogP contribution in [0.2, 0.25) is 0 Å². The Morgan fingerprint density at radius 3 is 3.00 bits per heavy atom. The fourth-order valence-corrected chi connectivity index (χ4v) is 1.42. The Morgan fingerprint density at radius 2 is 2.35 bits per heavy atom. The average Bonchev–Trinajstić information content (AvgIpc) is 2.37. The van der Waals surface area contributed by atoms with Crippen LogP contribution >= 0.6 is 0 Å². The molecule has 0 aliphatic heterocycles. The summed E-state index contributed by atoms with van der Waals surface area (Å²) in [6.45, 7) is 9.00. The number of aromatic nitrogens is 1. The molecule has 0 aliphatic carbocycles. The van der Waals surface area contributed by atoms with Crippen LogP contribution in [-0.2, 0) is 17.9 Å². The van der Waals surface area contributed by atoms with E-state index in [0.29, 0.717) is 6.61 Å². The molecule has 0 saturated carbocycles. The summed E-state index contributed by atoms with van der Waals surface area (Å²) in [6, 6.07) is 4.12. The van der Waals surface area contributed by atoms with Crippen molar-refractivity contribution < 1.29 is 4.74 Å². The maximum atomic E-state index is 5.52. The zero-order valence-corrected chi connectivity index (χ0v) is 10.6. The first-order chi connectivity index (χ1) is 8.36. The maximum absolute atomic E-state index is 5.52. The van der Waals surface area contributed by atoms with Gasteiger partial charge in [-0.1, -0.05) is 19.1 Å². The summed E-state index contributed by atoms with van der Waals surface area (Å²) < 4.78 is 5.52. The van der Waals surface area contributed by atoms with Gasteiger partial charge in [0.05, 0.1) is 12.3 Å². The molecule has 0 fully saturated rings. The minimum atomic E-state index is 0.596. The van der Waals surface area contributed by atoms with E-state index in [1.807, 2.05) is 18.3 Å². The second-order valence-corrected chi connectivity index (χ2v) is 3.92. The van der Waals surface area contributed by atoms with E-state index in [4.69, 9.17) is 4.74 Å². The first kappa shape index (κ1) is 13.9. The Bertz CT molecular complexity index is 309. The summed E-state index contributed by atoms with van der Waals surface area (Å²) in [7, 11) is 0. The molecule has 1 heterocycles. The molecule has 0 atom stereocenters. The van der Waals surface area contributed by atoms with Gasteiger partial charge in [-0.2, -0.15) is 0 Å². The molecule has 3 heteroatoms. The standard InChI is InChI=1S/C14H22N2O/c1-3-5-6-9-17-12-14-8-7-13(11-16-14)10-15-4-2/h3,7-8,11,15H,1,4-6,9-10,12H2,2H3. The van der Waals surface area contributed by atoms with Crippen LogP contribution in [0.15, 0.2) is 31.0 Å². The number of ether oxygens (including phenoxy) is 1. The number of pyridine rings is 1. The van der Waals surface area contributed by atoms with E-state index < -0.39 is 0 Å². The van der Waals surface area contributed by atoms with Gasteiger partial charge in [0.15, 0.2) is 0 Å². The molecule has 0 radical (unpaired) electrons. The molecule has 17 heavy (non-hydrogen) atoms. The van der Waals surface area contributed by atoms with Crippen LogP contribution in [0.5, 0.6) is 0 Å². The first-order valence-corrected chi connectivity index (χ1v) is 6.20. The Kier molecular flexibility index (Phi) is 7.27. The molecule has 0 amide bonds. The highest BCUT2D eigenvalue weighted by molar-refractivity contribution is 5.13. The lowest BCUT2D eigenvalue weighted by molar-refractivity contribution is 0.116. The molecule has 0 aliphatic rings. The van der Waals surface area contributed by atoms with Crippen molar-refractivity contribution in [3.63, 3.8) is 0 Å². The lowest BCUT2D eigenvalue weighted by atomic mass is 10.2. The fourth-order valence-electron chi connectivity index (χ4n) is 1.42. The van der Waals surface area contributed by atoms with Crippen molar-refractivity contribution in [1.82, 2.24) is 10.3 Å². The van der Waals surface area contributed by atoms with Crippen LogP contribution in [-0.4, -0.2) is 18.1 Å². The molecule has 0 unspecified atom stereocenters. The predicted molar refractivity (Wildman–Crippen MR) is 70.7 cm³/mol. The summed E-state index contributed by atoms with van der Waals surface area (Å²) in [6.07, 6.45) is 5.86. The molecule has 0 bridgehead atoms. The summed E-state index contributed by atoms with van der Waals surface area (Å²) >= 11 is 0. The van der Waals surface area contributed by atoms with E-state index in [1.54, 1.807) is 0 Å². The Balaban J connectivity index is 2.23. The monoisotopic (exact) mass is 234 g/mol. The van der Waals surface area contributed by atoms with Crippen molar-refractivity contribution in [1.29, 1.82) is 0 Å². The van der Waals surface area contributed by atoms with Gasteiger partial charge in [-0.15, -0.1) is 6.58 Å². The van der Waals surface area contributed by atoms with Crippen LogP contribution in [0.4, 0.5) is 0 Å². The van der Waals surface area contributed by atoms with Crippen LogP contribution in [0.1, 0.15) is 31.0 Å². The van der Waals surface area contributed by atoms with Crippen LogP contribution < -0.4 is 5.32 Å². The van der Waals surface area contributed by atoms with Gasteiger partial charge >= 0.3 is 0 Å². The highest BCUT2D eigenvalue weighted by Crippen LogP contribution is 2.02.